The molecule has 1 saturated heterocycles. The molecule has 1 heterocycles. The molecule has 28 heavy (non-hydrogen) atoms. The van der Waals surface area contributed by atoms with Gasteiger partial charge in [0.2, 0.25) is 5.91 Å². The third kappa shape index (κ3) is 4.88. The summed E-state index contributed by atoms with van der Waals surface area (Å²) in [7, 11) is 0. The van der Waals surface area contributed by atoms with Crippen molar-refractivity contribution >= 4 is 17.8 Å². The molecule has 0 aromatic heterocycles. The van der Waals surface area contributed by atoms with Crippen LogP contribution in [0, 0.1) is 11.7 Å². The molecule has 1 aliphatic heterocycles. The number of nitrogens with one attached hydrogen (secondary N) is 2. The molecule has 1 aromatic rings. The van der Waals surface area contributed by atoms with Gasteiger partial charge in [0.15, 0.2) is 0 Å². The van der Waals surface area contributed by atoms with Crippen molar-refractivity contribution in [3.63, 3.8) is 0 Å². The predicted octanol–water partition coefficient (Wildman–Crippen LogP) is 3.31. The average Bonchev–Trinajstić information content (AvgIpc) is 2.87. The molecule has 4 amide bonds. The summed E-state index contributed by atoms with van der Waals surface area (Å²) in [5.74, 6) is -0.669. The molecule has 0 unspecified atom stereocenters. The van der Waals surface area contributed by atoms with Crippen LogP contribution in [-0.2, 0) is 15.1 Å². The zero-order valence-electron chi connectivity index (χ0n) is 17.0. The lowest BCUT2D eigenvalue weighted by atomic mass is 9.87. The molecular formula is C21H30FN3O3. The van der Waals surface area contributed by atoms with Crippen LogP contribution in [0.2, 0.25) is 0 Å². The van der Waals surface area contributed by atoms with E-state index < -0.39 is 23.3 Å². The second-order valence-corrected chi connectivity index (χ2v) is 7.88. The highest BCUT2D eigenvalue weighted by Crippen LogP contribution is 2.32. The van der Waals surface area contributed by atoms with E-state index >= 15 is 0 Å². The Kier molecular flexibility index (Phi) is 7.16. The van der Waals surface area contributed by atoms with E-state index in [1.165, 1.54) is 24.3 Å². The fourth-order valence-electron chi connectivity index (χ4n) is 3.51. The van der Waals surface area contributed by atoms with Crippen molar-refractivity contribution in [1.82, 2.24) is 15.5 Å². The molecule has 6 nitrogen and oxygen atoms in total. The van der Waals surface area contributed by atoms with Crippen LogP contribution in [0.25, 0.3) is 0 Å². The lowest BCUT2D eigenvalue weighted by Crippen LogP contribution is -2.45. The molecule has 0 radical (unpaired) electrons. The number of amides is 4. The predicted molar refractivity (Wildman–Crippen MR) is 105 cm³/mol. The Hall–Kier alpha value is -2.44. The van der Waals surface area contributed by atoms with Gasteiger partial charge in [-0.25, -0.2) is 9.18 Å². The van der Waals surface area contributed by atoms with E-state index in [4.69, 9.17) is 0 Å². The fourth-order valence-corrected chi connectivity index (χ4v) is 3.51. The largest absolute Gasteiger partial charge is 0.352 e. The first kappa shape index (κ1) is 21.9. The molecule has 0 bridgehead atoms. The molecule has 1 aliphatic rings. The number of benzene rings is 1. The standard InChI is InChI=1S/C21H30FN3O3/c1-5-21(16-9-11-17(22)12-10-16)19(27)25(20(28)24-21)13-18(26)23-15(4)8-6-7-14(2)3/h9-12,14-15H,5-8,13H2,1-4H3,(H,23,26)(H,24,28)/t15-,21+/m0/s1. The molecule has 1 aromatic carbocycles. The van der Waals surface area contributed by atoms with Gasteiger partial charge in [-0.05, 0) is 43.4 Å². The van der Waals surface area contributed by atoms with Crippen LogP contribution >= 0.6 is 0 Å². The van der Waals surface area contributed by atoms with E-state index in [2.05, 4.69) is 24.5 Å². The van der Waals surface area contributed by atoms with E-state index in [-0.39, 0.29) is 18.5 Å². The number of carbonyl (C=O) groups is 3. The number of urea groups is 1. The minimum atomic E-state index is -1.27. The minimum Gasteiger partial charge on any atom is -0.352 e. The SMILES string of the molecule is CC[C@]1(c2ccc(F)cc2)NC(=O)N(CC(=O)N[C@@H](C)CCCC(C)C)C1=O. The average molecular weight is 391 g/mol. The van der Waals surface area contributed by atoms with Crippen molar-refractivity contribution < 1.29 is 18.8 Å². The van der Waals surface area contributed by atoms with E-state index in [1.54, 1.807) is 6.92 Å². The van der Waals surface area contributed by atoms with Crippen molar-refractivity contribution in [2.45, 2.75) is 65.0 Å². The summed E-state index contributed by atoms with van der Waals surface area (Å²) in [6, 6.07) is 4.83. The molecule has 0 aliphatic carbocycles. The van der Waals surface area contributed by atoms with E-state index in [1.807, 2.05) is 6.92 Å². The van der Waals surface area contributed by atoms with Gasteiger partial charge in [0.1, 0.15) is 17.9 Å². The maximum absolute atomic E-state index is 13.2. The second kappa shape index (κ2) is 9.17. The van der Waals surface area contributed by atoms with Crippen LogP contribution in [0.15, 0.2) is 24.3 Å². The summed E-state index contributed by atoms with van der Waals surface area (Å²) in [4.78, 5) is 38.7. The topological polar surface area (TPSA) is 78.5 Å². The Morgan fingerprint density at radius 2 is 1.82 bits per heavy atom. The van der Waals surface area contributed by atoms with Crippen LogP contribution in [-0.4, -0.2) is 35.3 Å². The Morgan fingerprint density at radius 1 is 1.18 bits per heavy atom. The van der Waals surface area contributed by atoms with Gasteiger partial charge in [-0.15, -0.1) is 0 Å². The van der Waals surface area contributed by atoms with Gasteiger partial charge < -0.3 is 10.6 Å². The molecule has 7 heteroatoms. The first-order valence-electron chi connectivity index (χ1n) is 9.89. The molecule has 2 N–H and O–H groups in total. The quantitative estimate of drug-likeness (QED) is 0.634. The number of hydrogen-bond donors (Lipinski definition) is 2. The van der Waals surface area contributed by atoms with Gasteiger partial charge in [-0.1, -0.05) is 45.7 Å². The van der Waals surface area contributed by atoms with Crippen LogP contribution in [0.5, 0.6) is 0 Å². The van der Waals surface area contributed by atoms with Crippen LogP contribution < -0.4 is 10.6 Å². The van der Waals surface area contributed by atoms with Gasteiger partial charge >= 0.3 is 6.03 Å². The summed E-state index contributed by atoms with van der Waals surface area (Å²) in [6.07, 6.45) is 3.24. The molecule has 2 rings (SSSR count). The molecule has 0 saturated carbocycles. The first-order chi connectivity index (χ1) is 13.2. The van der Waals surface area contributed by atoms with Crippen molar-refractivity contribution in [2.24, 2.45) is 5.92 Å². The van der Waals surface area contributed by atoms with Gasteiger partial charge in [0.05, 0.1) is 0 Å². The van der Waals surface area contributed by atoms with E-state index in [0.29, 0.717) is 17.9 Å². The van der Waals surface area contributed by atoms with Gasteiger partial charge in [-0.2, -0.15) is 0 Å². The van der Waals surface area contributed by atoms with Crippen molar-refractivity contribution in [3.8, 4) is 0 Å². The third-order valence-corrected chi connectivity index (χ3v) is 5.17. The summed E-state index contributed by atoms with van der Waals surface area (Å²) in [6.45, 7) is 7.66. The summed E-state index contributed by atoms with van der Waals surface area (Å²) in [5, 5.41) is 5.54. The van der Waals surface area contributed by atoms with Crippen LogP contribution in [0.3, 0.4) is 0 Å². The highest BCUT2D eigenvalue weighted by molar-refractivity contribution is 6.09. The monoisotopic (exact) mass is 391 g/mol. The second-order valence-electron chi connectivity index (χ2n) is 7.88. The number of rotatable bonds is 9. The zero-order valence-corrected chi connectivity index (χ0v) is 17.0. The summed E-state index contributed by atoms with van der Waals surface area (Å²) < 4.78 is 13.2. The van der Waals surface area contributed by atoms with E-state index in [0.717, 1.165) is 24.2 Å². The van der Waals surface area contributed by atoms with E-state index in [9.17, 15) is 18.8 Å². The third-order valence-electron chi connectivity index (χ3n) is 5.17. The van der Waals surface area contributed by atoms with Gasteiger partial charge in [0.25, 0.3) is 5.91 Å². The molecule has 2 atom stereocenters. The van der Waals surface area contributed by atoms with Crippen molar-refractivity contribution in [2.75, 3.05) is 6.54 Å². The first-order valence-corrected chi connectivity index (χ1v) is 9.89. The number of hydrogen-bond acceptors (Lipinski definition) is 3. The zero-order chi connectivity index (χ0) is 20.9. The minimum absolute atomic E-state index is 0.0277. The lowest BCUT2D eigenvalue weighted by molar-refractivity contribution is -0.135. The number of nitrogens with zero attached hydrogens (tertiary/aromatic N) is 1. The smallest absolute Gasteiger partial charge is 0.325 e. The fraction of sp³-hybridized carbons (Fsp3) is 0.571. The Balaban J connectivity index is 2.02. The molecule has 1 fully saturated rings. The Morgan fingerprint density at radius 3 is 2.39 bits per heavy atom. The van der Waals surface area contributed by atoms with Gasteiger partial charge in [-0.3, -0.25) is 14.5 Å². The highest BCUT2D eigenvalue weighted by atomic mass is 19.1. The highest BCUT2D eigenvalue weighted by Gasteiger charge is 2.51. The number of imide groups is 1. The normalized spacial score (nSPS) is 20.4. The van der Waals surface area contributed by atoms with Crippen LogP contribution in [0.4, 0.5) is 9.18 Å². The summed E-state index contributed by atoms with van der Waals surface area (Å²) >= 11 is 0. The Bertz CT molecular complexity index is 720. The maximum atomic E-state index is 13.2. The lowest BCUT2D eigenvalue weighted by Gasteiger charge is -2.25. The molecule has 0 spiro atoms. The van der Waals surface area contributed by atoms with Crippen LogP contribution in [0.1, 0.15) is 58.9 Å². The Labute approximate surface area is 165 Å². The van der Waals surface area contributed by atoms with Crippen molar-refractivity contribution in [3.05, 3.63) is 35.6 Å². The van der Waals surface area contributed by atoms with Crippen molar-refractivity contribution in [1.29, 1.82) is 0 Å². The number of carbonyl (C=O) groups excluding carboxylic acids is 3. The summed E-state index contributed by atoms with van der Waals surface area (Å²) in [5.41, 5.74) is -0.770. The number of halogens is 1. The molecule has 154 valence electrons. The van der Waals surface area contributed by atoms with Gasteiger partial charge in [0, 0.05) is 6.04 Å². The maximum Gasteiger partial charge on any atom is 0.325 e. The molecular weight excluding hydrogens is 361 g/mol.